The minimum absolute atomic E-state index is 0. The van der Waals surface area contributed by atoms with Crippen molar-refractivity contribution in [3.05, 3.63) is 72.6 Å². The van der Waals surface area contributed by atoms with E-state index >= 15 is 0 Å². The number of nitrogens with one attached hydrogen (secondary N) is 2. The van der Waals surface area contributed by atoms with Gasteiger partial charge >= 0.3 is 0 Å². The molecular weight excluding hydrogens is 324 g/mol. The molecule has 0 saturated heterocycles. The molecule has 1 unspecified atom stereocenters. The number of hydrogen-bond donors (Lipinski definition) is 3. The molecule has 1 aromatic heterocycles. The van der Waals surface area contributed by atoms with E-state index < -0.39 is 0 Å². The summed E-state index contributed by atoms with van der Waals surface area (Å²) in [7, 11) is 0. The summed E-state index contributed by atoms with van der Waals surface area (Å²) in [5, 5.41) is 9.63. The number of halogens is 1. The number of hydrogen-bond acceptors (Lipinski definition) is 3. The molecule has 0 saturated carbocycles. The Morgan fingerprint density at radius 3 is 2.38 bits per heavy atom. The molecule has 1 heterocycles. The predicted octanol–water partition coefficient (Wildman–Crippen LogP) is 3.18. The van der Waals surface area contributed by atoms with E-state index in [1.54, 1.807) is 6.20 Å². The maximum absolute atomic E-state index is 12.5. The van der Waals surface area contributed by atoms with Crippen LogP contribution in [-0.4, -0.2) is 22.6 Å². The SMILES string of the molecule is Cl.NCC(C(=O)Nc1ccc(-c2cn[nH]c2)cc1)c1ccccc1. The van der Waals surface area contributed by atoms with Crippen molar-refractivity contribution in [3.8, 4) is 11.1 Å². The summed E-state index contributed by atoms with van der Waals surface area (Å²) < 4.78 is 0. The third kappa shape index (κ3) is 4.01. The Morgan fingerprint density at radius 1 is 1.08 bits per heavy atom. The molecule has 0 fully saturated rings. The standard InChI is InChI=1S/C18H18N4O.ClH/c19-10-17(14-4-2-1-3-5-14)18(23)22-16-8-6-13(7-9-16)15-11-20-21-12-15;/h1-9,11-12,17H,10,19H2,(H,20,21)(H,22,23);1H. The molecule has 2 aromatic carbocycles. The first kappa shape index (κ1) is 17.7. The Balaban J connectivity index is 0.00000208. The van der Waals surface area contributed by atoms with Gasteiger partial charge in [-0.2, -0.15) is 5.10 Å². The zero-order chi connectivity index (χ0) is 16.1. The third-order valence-electron chi connectivity index (χ3n) is 3.74. The Hall–Kier alpha value is -2.63. The average molecular weight is 343 g/mol. The van der Waals surface area contributed by atoms with E-state index in [4.69, 9.17) is 5.73 Å². The summed E-state index contributed by atoms with van der Waals surface area (Å²) in [6.07, 6.45) is 3.58. The monoisotopic (exact) mass is 342 g/mol. The van der Waals surface area contributed by atoms with Gasteiger partial charge in [0.1, 0.15) is 0 Å². The highest BCUT2D eigenvalue weighted by molar-refractivity contribution is 5.96. The molecule has 4 N–H and O–H groups in total. The van der Waals surface area contributed by atoms with Gasteiger partial charge in [-0.15, -0.1) is 12.4 Å². The topological polar surface area (TPSA) is 83.8 Å². The van der Waals surface area contributed by atoms with Crippen molar-refractivity contribution in [1.29, 1.82) is 0 Å². The van der Waals surface area contributed by atoms with Gasteiger partial charge in [-0.05, 0) is 23.3 Å². The Bertz CT molecular complexity index is 757. The van der Waals surface area contributed by atoms with Crippen LogP contribution in [0.25, 0.3) is 11.1 Å². The van der Waals surface area contributed by atoms with E-state index in [-0.39, 0.29) is 30.8 Å². The molecule has 0 aliphatic heterocycles. The van der Waals surface area contributed by atoms with Crippen LogP contribution in [0.3, 0.4) is 0 Å². The summed E-state index contributed by atoms with van der Waals surface area (Å²) in [5.41, 5.74) is 9.49. The highest BCUT2D eigenvalue weighted by atomic mass is 35.5. The average Bonchev–Trinajstić information content (AvgIpc) is 3.12. The Labute approximate surface area is 146 Å². The number of nitrogens with zero attached hydrogens (tertiary/aromatic N) is 1. The Kier molecular flexibility index (Phi) is 6.12. The van der Waals surface area contributed by atoms with Crippen LogP contribution in [0, 0.1) is 0 Å². The maximum Gasteiger partial charge on any atom is 0.233 e. The number of nitrogens with two attached hydrogens (primary N) is 1. The van der Waals surface area contributed by atoms with Gasteiger partial charge in [-0.3, -0.25) is 9.89 Å². The van der Waals surface area contributed by atoms with Crippen molar-refractivity contribution in [2.24, 2.45) is 5.73 Å². The lowest BCUT2D eigenvalue weighted by Gasteiger charge is -2.15. The molecule has 0 bridgehead atoms. The maximum atomic E-state index is 12.5. The fraction of sp³-hybridized carbons (Fsp3) is 0.111. The molecule has 5 nitrogen and oxygen atoms in total. The number of aromatic nitrogens is 2. The van der Waals surface area contributed by atoms with E-state index in [2.05, 4.69) is 15.5 Å². The number of benzene rings is 2. The van der Waals surface area contributed by atoms with Crippen LogP contribution in [0.15, 0.2) is 67.0 Å². The van der Waals surface area contributed by atoms with Crippen LogP contribution in [0.2, 0.25) is 0 Å². The molecule has 0 aliphatic carbocycles. The van der Waals surface area contributed by atoms with E-state index in [9.17, 15) is 4.79 Å². The van der Waals surface area contributed by atoms with Crippen LogP contribution in [0.1, 0.15) is 11.5 Å². The minimum Gasteiger partial charge on any atom is -0.329 e. The second-order valence-electron chi connectivity index (χ2n) is 5.25. The largest absolute Gasteiger partial charge is 0.329 e. The lowest BCUT2D eigenvalue weighted by atomic mass is 9.98. The summed E-state index contributed by atoms with van der Waals surface area (Å²) in [4.78, 5) is 12.5. The smallest absolute Gasteiger partial charge is 0.233 e. The number of H-pyrrole nitrogens is 1. The molecule has 3 rings (SSSR count). The fourth-order valence-electron chi connectivity index (χ4n) is 2.46. The van der Waals surface area contributed by atoms with Crippen LogP contribution < -0.4 is 11.1 Å². The number of anilines is 1. The highest BCUT2D eigenvalue weighted by Gasteiger charge is 2.18. The lowest BCUT2D eigenvalue weighted by Crippen LogP contribution is -2.27. The molecule has 124 valence electrons. The number of carbonyl (C=O) groups excluding carboxylic acids is 1. The number of carbonyl (C=O) groups is 1. The zero-order valence-electron chi connectivity index (χ0n) is 13.0. The van der Waals surface area contributed by atoms with E-state index in [1.807, 2.05) is 60.8 Å². The molecule has 0 radical (unpaired) electrons. The van der Waals surface area contributed by atoms with Crippen LogP contribution in [0.4, 0.5) is 5.69 Å². The zero-order valence-corrected chi connectivity index (χ0v) is 13.8. The number of amides is 1. The normalized spacial score (nSPS) is 11.4. The molecular formula is C18H19ClN4O. The van der Waals surface area contributed by atoms with Gasteiger partial charge in [0.25, 0.3) is 0 Å². The van der Waals surface area contributed by atoms with Crippen molar-refractivity contribution < 1.29 is 4.79 Å². The molecule has 0 spiro atoms. The van der Waals surface area contributed by atoms with Gasteiger partial charge in [0.05, 0.1) is 12.1 Å². The molecule has 6 heteroatoms. The minimum atomic E-state index is -0.357. The first-order chi connectivity index (χ1) is 11.3. The van der Waals surface area contributed by atoms with Crippen molar-refractivity contribution in [3.63, 3.8) is 0 Å². The second-order valence-corrected chi connectivity index (χ2v) is 5.25. The van der Waals surface area contributed by atoms with Gasteiger partial charge in [0, 0.05) is 24.0 Å². The first-order valence-corrected chi connectivity index (χ1v) is 7.43. The molecule has 3 aromatic rings. The van der Waals surface area contributed by atoms with Gasteiger partial charge in [-0.1, -0.05) is 42.5 Å². The van der Waals surface area contributed by atoms with Crippen LogP contribution in [-0.2, 0) is 4.79 Å². The molecule has 1 amide bonds. The fourth-order valence-corrected chi connectivity index (χ4v) is 2.46. The van der Waals surface area contributed by atoms with Gasteiger partial charge < -0.3 is 11.1 Å². The number of aromatic amines is 1. The van der Waals surface area contributed by atoms with E-state index in [1.165, 1.54) is 0 Å². The highest BCUT2D eigenvalue weighted by Crippen LogP contribution is 2.21. The predicted molar refractivity (Wildman–Crippen MR) is 98.1 cm³/mol. The van der Waals surface area contributed by atoms with Gasteiger partial charge in [-0.25, -0.2) is 0 Å². The molecule has 1 atom stereocenters. The molecule has 0 aliphatic rings. The van der Waals surface area contributed by atoms with Crippen molar-refractivity contribution in [2.45, 2.75) is 5.92 Å². The Morgan fingerprint density at radius 2 is 1.79 bits per heavy atom. The third-order valence-corrected chi connectivity index (χ3v) is 3.74. The van der Waals surface area contributed by atoms with Crippen molar-refractivity contribution >= 4 is 24.0 Å². The van der Waals surface area contributed by atoms with E-state index in [0.29, 0.717) is 0 Å². The van der Waals surface area contributed by atoms with Crippen molar-refractivity contribution in [1.82, 2.24) is 10.2 Å². The summed E-state index contributed by atoms with van der Waals surface area (Å²) in [6, 6.07) is 17.2. The van der Waals surface area contributed by atoms with Crippen LogP contribution >= 0.6 is 12.4 Å². The number of rotatable bonds is 5. The summed E-state index contributed by atoms with van der Waals surface area (Å²) >= 11 is 0. The van der Waals surface area contributed by atoms with Gasteiger partial charge in [0.15, 0.2) is 0 Å². The lowest BCUT2D eigenvalue weighted by molar-refractivity contribution is -0.117. The van der Waals surface area contributed by atoms with Crippen LogP contribution in [0.5, 0.6) is 0 Å². The molecule has 24 heavy (non-hydrogen) atoms. The summed E-state index contributed by atoms with van der Waals surface area (Å²) in [6.45, 7) is 0.267. The van der Waals surface area contributed by atoms with Gasteiger partial charge in [0.2, 0.25) is 5.91 Å². The summed E-state index contributed by atoms with van der Waals surface area (Å²) in [5.74, 6) is -0.459. The van der Waals surface area contributed by atoms with Crippen molar-refractivity contribution in [2.75, 3.05) is 11.9 Å². The van der Waals surface area contributed by atoms with E-state index in [0.717, 1.165) is 22.4 Å². The first-order valence-electron chi connectivity index (χ1n) is 7.43. The second kappa shape index (κ2) is 8.29. The quantitative estimate of drug-likeness (QED) is 0.665.